The molecule has 0 radical (unpaired) electrons. The third-order valence-electron chi connectivity index (χ3n) is 6.10. The largest absolute Gasteiger partial charge is 0.497 e. The number of benzene rings is 3. The van der Waals surface area contributed by atoms with E-state index in [4.69, 9.17) is 9.72 Å². The van der Waals surface area contributed by atoms with Gasteiger partial charge in [0.25, 0.3) is 5.91 Å². The van der Waals surface area contributed by atoms with Crippen LogP contribution in [0.4, 0.5) is 11.6 Å². The van der Waals surface area contributed by atoms with Crippen LogP contribution in [0.15, 0.2) is 84.1 Å². The SMILES string of the molecule is CCc1ccc(NC(=O)C2=C(C)Nc3nc4ccccc4n3[C@H]2c2cccc(OC)c2)cc1. The summed E-state index contributed by atoms with van der Waals surface area (Å²) in [7, 11) is 1.65. The number of amides is 1. The van der Waals surface area contributed by atoms with E-state index in [2.05, 4.69) is 22.1 Å². The Labute approximate surface area is 192 Å². The maximum atomic E-state index is 13.7. The molecule has 0 saturated carbocycles. The summed E-state index contributed by atoms with van der Waals surface area (Å²) in [5, 5.41) is 6.44. The van der Waals surface area contributed by atoms with E-state index in [9.17, 15) is 4.79 Å². The fraction of sp³-hybridized carbons (Fsp3) is 0.185. The van der Waals surface area contributed by atoms with Crippen molar-refractivity contribution in [3.8, 4) is 5.75 Å². The fourth-order valence-corrected chi connectivity index (χ4v) is 4.41. The van der Waals surface area contributed by atoms with Crippen LogP contribution in [0.1, 0.15) is 31.0 Å². The molecule has 1 aromatic heterocycles. The van der Waals surface area contributed by atoms with Crippen LogP contribution in [0.25, 0.3) is 11.0 Å². The Morgan fingerprint density at radius 3 is 2.64 bits per heavy atom. The number of ether oxygens (including phenoxy) is 1. The smallest absolute Gasteiger partial charge is 0.255 e. The zero-order chi connectivity index (χ0) is 22.9. The summed E-state index contributed by atoms with van der Waals surface area (Å²) in [6, 6.07) is 23.4. The van der Waals surface area contributed by atoms with Crippen LogP contribution >= 0.6 is 0 Å². The van der Waals surface area contributed by atoms with Crippen molar-refractivity contribution in [1.29, 1.82) is 0 Å². The predicted octanol–water partition coefficient (Wildman–Crippen LogP) is 5.53. The minimum Gasteiger partial charge on any atom is -0.497 e. The summed E-state index contributed by atoms with van der Waals surface area (Å²) in [5.41, 5.74) is 6.18. The van der Waals surface area contributed by atoms with Gasteiger partial charge in [0.2, 0.25) is 5.95 Å². The van der Waals surface area contributed by atoms with E-state index < -0.39 is 0 Å². The van der Waals surface area contributed by atoms with E-state index in [1.54, 1.807) is 7.11 Å². The Balaban J connectivity index is 1.63. The van der Waals surface area contributed by atoms with Gasteiger partial charge in [-0.1, -0.05) is 43.3 Å². The molecule has 0 spiro atoms. The molecule has 5 rings (SSSR count). The van der Waals surface area contributed by atoms with Gasteiger partial charge in [0, 0.05) is 11.4 Å². The third kappa shape index (κ3) is 3.74. The number of nitrogens with one attached hydrogen (secondary N) is 2. The number of imidazole rings is 1. The van der Waals surface area contributed by atoms with E-state index in [0.717, 1.165) is 40.2 Å². The molecule has 0 bridgehead atoms. The number of fused-ring (bicyclic) bond motifs is 3. The van der Waals surface area contributed by atoms with Gasteiger partial charge in [-0.15, -0.1) is 0 Å². The Bertz CT molecular complexity index is 1370. The number of anilines is 2. The highest BCUT2D eigenvalue weighted by atomic mass is 16.5. The van der Waals surface area contributed by atoms with Gasteiger partial charge in [-0.05, 0) is 60.9 Å². The number of hydrogen-bond acceptors (Lipinski definition) is 4. The topological polar surface area (TPSA) is 68.2 Å². The van der Waals surface area contributed by atoms with Gasteiger partial charge in [-0.25, -0.2) is 4.98 Å². The van der Waals surface area contributed by atoms with E-state index in [-0.39, 0.29) is 11.9 Å². The minimum atomic E-state index is -0.362. The van der Waals surface area contributed by atoms with Gasteiger partial charge in [-0.3, -0.25) is 9.36 Å². The number of carbonyl (C=O) groups excluding carboxylic acids is 1. The first-order valence-corrected chi connectivity index (χ1v) is 11.1. The van der Waals surface area contributed by atoms with E-state index in [0.29, 0.717) is 11.5 Å². The van der Waals surface area contributed by atoms with Crippen molar-refractivity contribution in [3.63, 3.8) is 0 Å². The molecule has 6 nitrogen and oxygen atoms in total. The van der Waals surface area contributed by atoms with Gasteiger partial charge < -0.3 is 15.4 Å². The molecule has 0 fully saturated rings. The Kier molecular flexibility index (Phi) is 5.34. The summed E-state index contributed by atoms with van der Waals surface area (Å²) in [6.07, 6.45) is 0.955. The van der Waals surface area contributed by atoms with Crippen molar-refractivity contribution in [3.05, 3.63) is 95.2 Å². The van der Waals surface area contributed by atoms with Crippen LogP contribution in [-0.4, -0.2) is 22.6 Å². The van der Waals surface area contributed by atoms with E-state index >= 15 is 0 Å². The molecule has 33 heavy (non-hydrogen) atoms. The lowest BCUT2D eigenvalue weighted by atomic mass is 9.94. The lowest BCUT2D eigenvalue weighted by Crippen LogP contribution is -2.30. The molecule has 1 aliphatic heterocycles. The number of allylic oxidation sites excluding steroid dienone is 1. The van der Waals surface area contributed by atoms with Crippen molar-refractivity contribution < 1.29 is 9.53 Å². The minimum absolute atomic E-state index is 0.152. The first kappa shape index (κ1) is 20.8. The van der Waals surface area contributed by atoms with Crippen molar-refractivity contribution in [2.24, 2.45) is 0 Å². The zero-order valence-electron chi connectivity index (χ0n) is 18.9. The number of nitrogens with zero attached hydrogens (tertiary/aromatic N) is 2. The molecular weight excluding hydrogens is 412 g/mol. The average Bonchev–Trinajstić information content (AvgIpc) is 3.21. The number of rotatable bonds is 5. The lowest BCUT2D eigenvalue weighted by Gasteiger charge is -2.31. The number of methoxy groups -OCH3 is 1. The normalized spacial score (nSPS) is 15.2. The van der Waals surface area contributed by atoms with Gasteiger partial charge in [-0.2, -0.15) is 0 Å². The Morgan fingerprint density at radius 2 is 1.88 bits per heavy atom. The Morgan fingerprint density at radius 1 is 1.09 bits per heavy atom. The van der Waals surface area contributed by atoms with Crippen LogP contribution < -0.4 is 15.4 Å². The van der Waals surface area contributed by atoms with Crippen LogP contribution in [0.5, 0.6) is 5.75 Å². The van der Waals surface area contributed by atoms with E-state index in [1.807, 2.05) is 79.7 Å². The first-order chi connectivity index (χ1) is 16.1. The molecule has 1 aliphatic rings. The van der Waals surface area contributed by atoms with Crippen LogP contribution in [0, 0.1) is 0 Å². The highest BCUT2D eigenvalue weighted by Gasteiger charge is 2.34. The molecular formula is C27H26N4O2. The second-order valence-corrected chi connectivity index (χ2v) is 8.14. The van der Waals surface area contributed by atoms with Gasteiger partial charge in [0.15, 0.2) is 0 Å². The standard InChI is InChI=1S/C27H26N4O2/c1-4-18-12-14-20(15-13-18)29-26(32)24-17(2)28-27-30-22-10-5-6-11-23(22)31(27)25(24)19-8-7-9-21(16-19)33-3/h5-16,25H,4H2,1-3H3,(H,28,30)(H,29,32)/t25-/m0/s1. The Hall–Kier alpha value is -4.06. The zero-order valence-corrected chi connectivity index (χ0v) is 18.9. The second kappa shape index (κ2) is 8.47. The number of para-hydroxylation sites is 2. The summed E-state index contributed by atoms with van der Waals surface area (Å²) >= 11 is 0. The molecule has 0 aliphatic carbocycles. The molecule has 1 amide bonds. The van der Waals surface area contributed by atoms with Gasteiger partial charge in [0.1, 0.15) is 5.75 Å². The summed E-state index contributed by atoms with van der Waals surface area (Å²) in [5.74, 6) is 1.30. The van der Waals surface area contributed by atoms with Crippen molar-refractivity contribution >= 4 is 28.6 Å². The molecule has 6 heteroatoms. The van der Waals surface area contributed by atoms with Crippen LogP contribution in [0.3, 0.4) is 0 Å². The first-order valence-electron chi connectivity index (χ1n) is 11.1. The molecule has 3 aromatic carbocycles. The van der Waals surface area contributed by atoms with Gasteiger partial charge in [0.05, 0.1) is 29.8 Å². The highest BCUT2D eigenvalue weighted by molar-refractivity contribution is 6.06. The quantitative estimate of drug-likeness (QED) is 0.430. The molecule has 2 heterocycles. The maximum absolute atomic E-state index is 13.7. The molecule has 4 aromatic rings. The van der Waals surface area contributed by atoms with Crippen LogP contribution in [-0.2, 0) is 11.2 Å². The van der Waals surface area contributed by atoms with Crippen molar-refractivity contribution in [1.82, 2.24) is 9.55 Å². The number of hydrogen-bond donors (Lipinski definition) is 2. The van der Waals surface area contributed by atoms with E-state index in [1.165, 1.54) is 5.56 Å². The second-order valence-electron chi connectivity index (χ2n) is 8.14. The van der Waals surface area contributed by atoms with Crippen LogP contribution in [0.2, 0.25) is 0 Å². The predicted molar refractivity (Wildman–Crippen MR) is 132 cm³/mol. The third-order valence-corrected chi connectivity index (χ3v) is 6.10. The lowest BCUT2D eigenvalue weighted by molar-refractivity contribution is -0.113. The molecule has 0 unspecified atom stereocenters. The van der Waals surface area contributed by atoms with Crippen molar-refractivity contribution in [2.45, 2.75) is 26.3 Å². The van der Waals surface area contributed by atoms with Gasteiger partial charge >= 0.3 is 0 Å². The number of carbonyl (C=O) groups is 1. The summed E-state index contributed by atoms with van der Waals surface area (Å²) in [4.78, 5) is 18.4. The van der Waals surface area contributed by atoms with Crippen molar-refractivity contribution in [2.75, 3.05) is 17.7 Å². The molecule has 1 atom stereocenters. The fourth-order valence-electron chi connectivity index (χ4n) is 4.41. The molecule has 0 saturated heterocycles. The molecule has 166 valence electrons. The summed E-state index contributed by atoms with van der Waals surface area (Å²) < 4.78 is 7.57. The highest BCUT2D eigenvalue weighted by Crippen LogP contribution is 2.40. The number of aromatic nitrogens is 2. The average molecular weight is 439 g/mol. The summed E-state index contributed by atoms with van der Waals surface area (Å²) in [6.45, 7) is 4.03. The monoisotopic (exact) mass is 438 g/mol. The maximum Gasteiger partial charge on any atom is 0.255 e. The molecule has 2 N–H and O–H groups in total. The number of aryl methyl sites for hydroxylation is 1.